The Bertz CT molecular complexity index is 1390. The van der Waals surface area contributed by atoms with E-state index in [-0.39, 0.29) is 34.1 Å². The summed E-state index contributed by atoms with van der Waals surface area (Å²) < 4.78 is 43.0. The fraction of sp³-hybridized carbons (Fsp3) is 0.259. The fourth-order valence-electron chi connectivity index (χ4n) is 3.66. The molecule has 0 heterocycles. The van der Waals surface area contributed by atoms with Gasteiger partial charge in [0.15, 0.2) is 0 Å². The summed E-state index contributed by atoms with van der Waals surface area (Å²) in [5.74, 6) is -1.73. The van der Waals surface area contributed by atoms with Crippen LogP contribution in [0.2, 0.25) is 5.02 Å². The number of hydrogen-bond acceptors (Lipinski definition) is 4. The van der Waals surface area contributed by atoms with Gasteiger partial charge >= 0.3 is 0 Å². The second-order valence-electron chi connectivity index (χ2n) is 8.91. The second kappa shape index (κ2) is 12.7. The van der Waals surface area contributed by atoms with Gasteiger partial charge in [-0.25, -0.2) is 12.8 Å². The molecule has 0 aliphatic carbocycles. The molecule has 0 radical (unpaired) electrons. The standard InChI is InChI=1S/C27H28BrClFN3O4S/c1-18(2)31-27(35)19(3)32(16-20-9-11-21(28)12-10-20)26(34)17-33(22-13-14-25(30)24(29)15-22)38(36,37)23-7-5-4-6-8-23/h4-15,18-19H,16-17H2,1-3H3,(H,31,35)/t19-/m1/s1. The predicted molar refractivity (Wildman–Crippen MR) is 150 cm³/mol. The third-order valence-corrected chi connectivity index (χ3v) is 8.27. The number of halogens is 3. The highest BCUT2D eigenvalue weighted by molar-refractivity contribution is 9.10. The number of amides is 2. The first kappa shape index (κ1) is 29.6. The lowest BCUT2D eigenvalue weighted by atomic mass is 10.1. The summed E-state index contributed by atoms with van der Waals surface area (Å²) in [4.78, 5) is 27.9. The van der Waals surface area contributed by atoms with Gasteiger partial charge in [0, 0.05) is 17.1 Å². The maximum Gasteiger partial charge on any atom is 0.264 e. The molecule has 38 heavy (non-hydrogen) atoms. The van der Waals surface area contributed by atoms with Crippen molar-refractivity contribution >= 4 is 55.1 Å². The molecule has 11 heteroatoms. The van der Waals surface area contributed by atoms with Crippen LogP contribution in [0.4, 0.5) is 10.1 Å². The number of carbonyl (C=O) groups excluding carboxylic acids is 2. The van der Waals surface area contributed by atoms with Crippen LogP contribution in [0, 0.1) is 5.82 Å². The Kier molecular flexibility index (Phi) is 9.92. The van der Waals surface area contributed by atoms with Crippen molar-refractivity contribution < 1.29 is 22.4 Å². The van der Waals surface area contributed by atoms with Gasteiger partial charge in [-0.15, -0.1) is 0 Å². The maximum absolute atomic E-state index is 13.9. The maximum atomic E-state index is 13.9. The Hall–Kier alpha value is -2.95. The number of sulfonamides is 1. The first-order chi connectivity index (χ1) is 17.9. The summed E-state index contributed by atoms with van der Waals surface area (Å²) in [5, 5.41) is 2.50. The molecule has 202 valence electrons. The van der Waals surface area contributed by atoms with Gasteiger partial charge in [0.2, 0.25) is 11.8 Å². The molecule has 0 unspecified atom stereocenters. The number of anilines is 1. The van der Waals surface area contributed by atoms with Crippen LogP contribution < -0.4 is 9.62 Å². The Morgan fingerprint density at radius 2 is 1.63 bits per heavy atom. The summed E-state index contributed by atoms with van der Waals surface area (Å²) >= 11 is 9.34. The summed E-state index contributed by atoms with van der Waals surface area (Å²) in [6.45, 7) is 4.60. The molecule has 3 rings (SSSR count). The average molecular weight is 625 g/mol. The van der Waals surface area contributed by atoms with Gasteiger partial charge in [0.05, 0.1) is 15.6 Å². The minimum Gasteiger partial charge on any atom is -0.352 e. The highest BCUT2D eigenvalue weighted by Gasteiger charge is 2.33. The molecule has 0 bridgehead atoms. The van der Waals surface area contributed by atoms with Gasteiger partial charge in [-0.3, -0.25) is 13.9 Å². The molecule has 0 fully saturated rings. The zero-order valence-corrected chi connectivity index (χ0v) is 24.2. The van der Waals surface area contributed by atoms with E-state index in [2.05, 4.69) is 21.2 Å². The molecular weight excluding hydrogens is 597 g/mol. The zero-order chi connectivity index (χ0) is 28.0. The van der Waals surface area contributed by atoms with Crippen molar-refractivity contribution in [2.75, 3.05) is 10.8 Å². The quantitative estimate of drug-likeness (QED) is 0.328. The molecule has 1 atom stereocenters. The molecule has 2 amide bonds. The largest absolute Gasteiger partial charge is 0.352 e. The lowest BCUT2D eigenvalue weighted by Gasteiger charge is -2.32. The second-order valence-corrected chi connectivity index (χ2v) is 12.1. The molecule has 7 nitrogen and oxygen atoms in total. The van der Waals surface area contributed by atoms with Crippen LogP contribution >= 0.6 is 27.5 Å². The van der Waals surface area contributed by atoms with Crippen molar-refractivity contribution in [2.45, 2.75) is 44.3 Å². The molecule has 0 aliphatic heterocycles. The lowest BCUT2D eigenvalue weighted by Crippen LogP contribution is -2.52. The number of carbonyl (C=O) groups is 2. The molecule has 0 aromatic heterocycles. The smallest absolute Gasteiger partial charge is 0.264 e. The van der Waals surface area contributed by atoms with Crippen LogP contribution in [0.1, 0.15) is 26.3 Å². The van der Waals surface area contributed by atoms with E-state index in [1.807, 2.05) is 12.1 Å². The van der Waals surface area contributed by atoms with Crippen molar-refractivity contribution in [3.8, 4) is 0 Å². The van der Waals surface area contributed by atoms with Gasteiger partial charge in [-0.1, -0.05) is 57.9 Å². The third-order valence-electron chi connectivity index (χ3n) is 5.67. The van der Waals surface area contributed by atoms with Gasteiger partial charge in [0.1, 0.15) is 18.4 Å². The Labute approximate surface area is 235 Å². The molecule has 0 saturated carbocycles. The van der Waals surface area contributed by atoms with E-state index in [1.165, 1.54) is 23.1 Å². The number of hydrogen-bond donors (Lipinski definition) is 1. The normalized spacial score (nSPS) is 12.2. The van der Waals surface area contributed by atoms with E-state index in [0.717, 1.165) is 26.5 Å². The van der Waals surface area contributed by atoms with Gasteiger partial charge in [0.25, 0.3) is 10.0 Å². The predicted octanol–water partition coefficient (Wildman–Crippen LogP) is 5.38. The minimum atomic E-state index is -4.26. The van der Waals surface area contributed by atoms with E-state index < -0.39 is 34.3 Å². The molecule has 1 N–H and O–H groups in total. The summed E-state index contributed by atoms with van der Waals surface area (Å²) in [7, 11) is -4.26. The Balaban J connectivity index is 2.04. The number of benzene rings is 3. The van der Waals surface area contributed by atoms with Crippen molar-refractivity contribution in [3.63, 3.8) is 0 Å². The van der Waals surface area contributed by atoms with Crippen LogP contribution in [0.3, 0.4) is 0 Å². The highest BCUT2D eigenvalue weighted by atomic mass is 79.9. The highest BCUT2D eigenvalue weighted by Crippen LogP contribution is 2.28. The first-order valence-corrected chi connectivity index (χ1v) is 14.4. The Morgan fingerprint density at radius 1 is 1.00 bits per heavy atom. The van der Waals surface area contributed by atoms with E-state index in [0.29, 0.717) is 0 Å². The molecule has 3 aromatic carbocycles. The first-order valence-electron chi connectivity index (χ1n) is 11.8. The topological polar surface area (TPSA) is 86.8 Å². The van der Waals surface area contributed by atoms with E-state index in [1.54, 1.807) is 51.1 Å². The van der Waals surface area contributed by atoms with Gasteiger partial charge < -0.3 is 10.2 Å². The van der Waals surface area contributed by atoms with Gasteiger partial charge in [-0.05, 0) is 68.8 Å². The summed E-state index contributed by atoms with van der Waals surface area (Å²) in [5.41, 5.74) is 0.754. The van der Waals surface area contributed by atoms with Crippen molar-refractivity contribution in [1.29, 1.82) is 0 Å². The zero-order valence-electron chi connectivity index (χ0n) is 21.1. The van der Waals surface area contributed by atoms with Crippen LogP contribution in [0.15, 0.2) is 82.2 Å². The van der Waals surface area contributed by atoms with E-state index >= 15 is 0 Å². The molecule has 0 spiro atoms. The number of rotatable bonds is 10. The van der Waals surface area contributed by atoms with E-state index in [4.69, 9.17) is 11.6 Å². The third kappa shape index (κ3) is 7.33. The van der Waals surface area contributed by atoms with Crippen LogP contribution in [0.25, 0.3) is 0 Å². The van der Waals surface area contributed by atoms with Crippen molar-refractivity contribution in [3.05, 3.63) is 93.7 Å². The number of nitrogens with zero attached hydrogens (tertiary/aromatic N) is 2. The molecule has 0 saturated heterocycles. The summed E-state index contributed by atoms with van der Waals surface area (Å²) in [6.07, 6.45) is 0. The molecule has 0 aliphatic rings. The molecular formula is C27H28BrClFN3O4S. The minimum absolute atomic E-state index is 0.0106. The molecule has 3 aromatic rings. The van der Waals surface area contributed by atoms with Crippen LogP contribution in [-0.2, 0) is 26.2 Å². The fourth-order valence-corrected chi connectivity index (χ4v) is 5.53. The average Bonchev–Trinajstić information content (AvgIpc) is 2.88. The van der Waals surface area contributed by atoms with Crippen LogP contribution in [0.5, 0.6) is 0 Å². The van der Waals surface area contributed by atoms with E-state index in [9.17, 15) is 22.4 Å². The van der Waals surface area contributed by atoms with Crippen LogP contribution in [-0.4, -0.2) is 43.8 Å². The van der Waals surface area contributed by atoms with Crippen molar-refractivity contribution in [2.24, 2.45) is 0 Å². The lowest BCUT2D eigenvalue weighted by molar-refractivity contribution is -0.139. The number of nitrogens with one attached hydrogen (secondary N) is 1. The Morgan fingerprint density at radius 3 is 2.21 bits per heavy atom. The monoisotopic (exact) mass is 623 g/mol. The SMILES string of the molecule is CC(C)NC(=O)[C@@H](C)N(Cc1ccc(Br)cc1)C(=O)CN(c1ccc(F)c(Cl)c1)S(=O)(=O)c1ccccc1. The van der Waals surface area contributed by atoms with Gasteiger partial charge in [-0.2, -0.15) is 0 Å². The summed E-state index contributed by atoms with van der Waals surface area (Å²) in [6, 6.07) is 17.2. The van der Waals surface area contributed by atoms with Crippen molar-refractivity contribution in [1.82, 2.24) is 10.2 Å².